The maximum atomic E-state index is 10.5. The van der Waals surface area contributed by atoms with Crippen molar-refractivity contribution in [3.05, 3.63) is 0 Å². The van der Waals surface area contributed by atoms with Crippen LogP contribution in [0.4, 0.5) is 0 Å². The zero-order chi connectivity index (χ0) is 13.9. The van der Waals surface area contributed by atoms with Gasteiger partial charge in [-0.25, -0.2) is 0 Å². The number of carboxylic acids is 1. The normalized spacial score (nSPS) is 36.4. The summed E-state index contributed by atoms with van der Waals surface area (Å²) in [7, 11) is 1.30. The van der Waals surface area contributed by atoms with Crippen LogP contribution in [0.25, 0.3) is 0 Å². The fraction of sp³-hybridized carbons (Fsp3) is 0.900. The van der Waals surface area contributed by atoms with Gasteiger partial charge < -0.3 is 34.7 Å². The number of aliphatic hydroxyl groups is 3. The number of hydrogen-bond acceptors (Lipinski definition) is 8. The van der Waals surface area contributed by atoms with Crippen molar-refractivity contribution in [2.75, 3.05) is 12.9 Å². The van der Waals surface area contributed by atoms with E-state index in [9.17, 15) is 25.2 Å². The molecule has 0 aromatic carbocycles. The van der Waals surface area contributed by atoms with E-state index in [1.54, 1.807) is 0 Å². The molecule has 1 aliphatic rings. The van der Waals surface area contributed by atoms with E-state index in [0.717, 1.165) is 11.8 Å². The van der Waals surface area contributed by atoms with Crippen LogP contribution in [0.2, 0.25) is 0 Å². The van der Waals surface area contributed by atoms with Crippen LogP contribution in [0.1, 0.15) is 6.92 Å². The van der Waals surface area contributed by atoms with Crippen molar-refractivity contribution in [1.29, 1.82) is 0 Å². The Kier molecular flexibility index (Phi) is 9.09. The fourth-order valence-corrected chi connectivity index (χ4v) is 2.45. The molecule has 0 bridgehead atoms. The van der Waals surface area contributed by atoms with Crippen LogP contribution in [0.3, 0.4) is 0 Å². The van der Waals surface area contributed by atoms with E-state index in [4.69, 9.17) is 9.47 Å². The summed E-state index contributed by atoms with van der Waals surface area (Å²) in [5.74, 6) is -1.07. The van der Waals surface area contributed by atoms with Crippen LogP contribution < -0.4 is 34.7 Å². The van der Waals surface area contributed by atoms with Gasteiger partial charge in [0, 0.05) is 18.1 Å². The first kappa shape index (κ1) is 19.6. The van der Waals surface area contributed by atoms with Crippen molar-refractivity contribution in [1.82, 2.24) is 0 Å². The molecule has 0 spiro atoms. The minimum Gasteiger partial charge on any atom is -0.549 e. The molecule has 0 aromatic rings. The number of carbonyl (C=O) groups is 1. The maximum absolute atomic E-state index is 10.5. The smallest absolute Gasteiger partial charge is 0.549 e. The van der Waals surface area contributed by atoms with Crippen LogP contribution >= 0.6 is 11.8 Å². The van der Waals surface area contributed by atoms with Crippen LogP contribution in [0.15, 0.2) is 0 Å². The summed E-state index contributed by atoms with van der Waals surface area (Å²) in [5, 5.41) is 38.6. The number of aliphatic carboxylic acids is 1. The summed E-state index contributed by atoms with van der Waals surface area (Å²) in [6.07, 6.45) is -5.90. The monoisotopic (exact) mass is 304 g/mol. The molecule has 0 aromatic heterocycles. The van der Waals surface area contributed by atoms with Gasteiger partial charge in [0.05, 0.1) is 12.1 Å². The molecule has 1 fully saturated rings. The first-order chi connectivity index (χ1) is 8.38. The largest absolute Gasteiger partial charge is 1.00 e. The number of carboxylic acid groups (broad SMARTS) is 1. The van der Waals surface area contributed by atoms with Gasteiger partial charge in [0.15, 0.2) is 6.29 Å². The summed E-state index contributed by atoms with van der Waals surface area (Å²) < 4.78 is 10.1. The molecule has 0 amide bonds. The van der Waals surface area contributed by atoms with Crippen molar-refractivity contribution in [3.63, 3.8) is 0 Å². The molecule has 1 rings (SSSR count). The van der Waals surface area contributed by atoms with Crippen LogP contribution in [0.5, 0.6) is 0 Å². The maximum Gasteiger partial charge on any atom is 1.00 e. The minimum absolute atomic E-state index is 0. The van der Waals surface area contributed by atoms with Gasteiger partial charge in [-0.3, -0.25) is 0 Å². The molecule has 1 unspecified atom stereocenters. The summed E-state index contributed by atoms with van der Waals surface area (Å²) in [5.41, 5.74) is 0. The Morgan fingerprint density at radius 1 is 1.37 bits per heavy atom. The Morgan fingerprint density at radius 2 is 1.95 bits per heavy atom. The topological polar surface area (TPSA) is 119 Å². The van der Waals surface area contributed by atoms with Gasteiger partial charge in [-0.2, -0.15) is 0 Å². The number of hydrogen-bond donors (Lipinski definition) is 3. The van der Waals surface area contributed by atoms with E-state index in [0.29, 0.717) is 0 Å². The average molecular weight is 304 g/mol. The number of ether oxygens (including phenoxy) is 2. The first-order valence-electron chi connectivity index (χ1n) is 5.43. The number of rotatable bonds is 5. The molecule has 0 aliphatic carbocycles. The second-order valence-electron chi connectivity index (χ2n) is 4.05. The van der Waals surface area contributed by atoms with E-state index in [1.165, 1.54) is 14.0 Å². The van der Waals surface area contributed by atoms with Crippen molar-refractivity contribution < 1.29 is 64.3 Å². The third-order valence-corrected chi connectivity index (χ3v) is 3.96. The van der Waals surface area contributed by atoms with E-state index in [1.807, 2.05) is 0 Å². The van der Waals surface area contributed by atoms with Crippen LogP contribution in [-0.2, 0) is 14.3 Å². The molecular weight excluding hydrogens is 287 g/mol. The van der Waals surface area contributed by atoms with Crippen molar-refractivity contribution in [3.8, 4) is 0 Å². The third-order valence-electron chi connectivity index (χ3n) is 2.74. The van der Waals surface area contributed by atoms with Crippen LogP contribution in [-0.4, -0.2) is 70.1 Å². The predicted molar refractivity (Wildman–Crippen MR) is 60.6 cm³/mol. The standard InChI is InChI=1S/C10H18O7S.Na/c1-4(9(14)15)18-3-5-6(11)7(12)8(13)10(16-2)17-5;/h4-8,10-13H,3H2,1-2H3,(H,14,15);/q;+1/p-1/t4?,5-,6-,7+,8-,10-;/m1./s1. The van der Waals surface area contributed by atoms with Gasteiger partial charge in [0.2, 0.25) is 0 Å². The molecule has 1 heterocycles. The number of thioether (sulfide) groups is 1. The SMILES string of the molecule is CO[C@@H]1O[C@H](CSC(C)C(=O)[O-])[C@@H](O)[C@H](O)[C@H]1O.[Na+]. The summed E-state index contributed by atoms with van der Waals surface area (Å²) >= 11 is 1.02. The molecule has 6 atom stereocenters. The van der Waals surface area contributed by atoms with E-state index >= 15 is 0 Å². The van der Waals surface area contributed by atoms with Gasteiger partial charge in [-0.05, 0) is 6.92 Å². The van der Waals surface area contributed by atoms with Gasteiger partial charge in [0.25, 0.3) is 0 Å². The van der Waals surface area contributed by atoms with E-state index in [-0.39, 0.29) is 35.3 Å². The molecule has 7 nitrogen and oxygen atoms in total. The summed E-state index contributed by atoms with van der Waals surface area (Å²) in [6.45, 7) is 1.45. The Bertz CT molecular complexity index is 291. The van der Waals surface area contributed by atoms with Gasteiger partial charge >= 0.3 is 29.6 Å². The van der Waals surface area contributed by atoms with Crippen molar-refractivity contribution in [2.24, 2.45) is 0 Å². The second-order valence-corrected chi connectivity index (χ2v) is 5.42. The molecule has 1 aliphatic heterocycles. The molecular formula is C10H17NaO7S. The Labute approximate surface area is 137 Å². The van der Waals surface area contributed by atoms with E-state index in [2.05, 4.69) is 0 Å². The number of aliphatic hydroxyl groups excluding tert-OH is 3. The molecule has 19 heavy (non-hydrogen) atoms. The molecule has 106 valence electrons. The average Bonchev–Trinajstić information content (AvgIpc) is 2.34. The summed E-state index contributed by atoms with van der Waals surface area (Å²) in [4.78, 5) is 10.5. The Balaban J connectivity index is 0.00000324. The zero-order valence-corrected chi connectivity index (χ0v) is 13.9. The molecule has 3 N–H and O–H groups in total. The first-order valence-corrected chi connectivity index (χ1v) is 6.48. The Morgan fingerprint density at radius 3 is 2.42 bits per heavy atom. The van der Waals surface area contributed by atoms with Crippen molar-refractivity contribution in [2.45, 2.75) is 42.9 Å². The Hall–Kier alpha value is 0.620. The molecule has 0 saturated carbocycles. The number of methoxy groups -OCH3 is 1. The van der Waals surface area contributed by atoms with Gasteiger partial charge in [-0.1, -0.05) is 0 Å². The quantitative estimate of drug-likeness (QED) is 0.430. The zero-order valence-electron chi connectivity index (χ0n) is 11.1. The third kappa shape index (κ3) is 5.14. The van der Waals surface area contributed by atoms with E-state index < -0.39 is 41.9 Å². The molecule has 0 radical (unpaired) electrons. The van der Waals surface area contributed by atoms with Gasteiger partial charge in [0.1, 0.15) is 18.3 Å². The fourth-order valence-electron chi connectivity index (χ4n) is 1.56. The van der Waals surface area contributed by atoms with Crippen molar-refractivity contribution >= 4 is 17.7 Å². The summed E-state index contributed by atoms with van der Waals surface area (Å²) in [6, 6.07) is 0. The molecule has 9 heteroatoms. The minimum atomic E-state index is -1.40. The van der Waals surface area contributed by atoms with Crippen LogP contribution in [0, 0.1) is 0 Å². The number of carbonyl (C=O) groups excluding carboxylic acids is 1. The second kappa shape index (κ2) is 8.81. The van der Waals surface area contributed by atoms with Gasteiger partial charge in [-0.15, -0.1) is 11.8 Å². The predicted octanol–water partition coefficient (Wildman–Crippen LogP) is -5.68. The molecule has 1 saturated heterocycles.